The number of rotatable bonds is 5. The third kappa shape index (κ3) is 3.75. The Balaban J connectivity index is 1.95. The Bertz CT molecular complexity index is 889. The van der Waals surface area contributed by atoms with Crippen LogP contribution >= 0.6 is 11.6 Å². The van der Waals surface area contributed by atoms with Crippen LogP contribution in [0.4, 0.5) is 11.8 Å². The molecule has 0 unspecified atom stereocenters. The minimum Gasteiger partial charge on any atom is -0.496 e. The van der Waals surface area contributed by atoms with Crippen molar-refractivity contribution in [1.29, 1.82) is 0 Å². The number of amides is 1. The van der Waals surface area contributed by atoms with E-state index < -0.39 is 0 Å². The maximum Gasteiger partial charge on any atom is 0.223 e. The zero-order valence-electron chi connectivity index (χ0n) is 15.8. The molecule has 8 nitrogen and oxygen atoms in total. The number of carbonyl (C=O) groups is 1. The number of aryl methyl sites for hydroxylation is 1. The van der Waals surface area contributed by atoms with Crippen LogP contribution in [0.2, 0.25) is 5.15 Å². The average molecular weight is 391 g/mol. The summed E-state index contributed by atoms with van der Waals surface area (Å²) in [5, 5.41) is 3.17. The van der Waals surface area contributed by atoms with Crippen molar-refractivity contribution in [3.63, 3.8) is 0 Å². The molecule has 3 N–H and O–H groups in total. The van der Waals surface area contributed by atoms with Gasteiger partial charge in [-0.05, 0) is 13.8 Å². The highest BCUT2D eigenvalue weighted by Crippen LogP contribution is 2.40. The molecule has 0 spiro atoms. The van der Waals surface area contributed by atoms with E-state index >= 15 is 0 Å². The van der Waals surface area contributed by atoms with Crippen molar-refractivity contribution in [2.45, 2.75) is 33.2 Å². The minimum atomic E-state index is -0.0942. The summed E-state index contributed by atoms with van der Waals surface area (Å²) < 4.78 is 5.50. The van der Waals surface area contributed by atoms with Crippen LogP contribution in [0.15, 0.2) is 6.20 Å². The molecule has 0 fully saturated rings. The van der Waals surface area contributed by atoms with E-state index in [4.69, 9.17) is 22.1 Å². The number of fused-ring (bicyclic) bond motifs is 1. The predicted octanol–water partition coefficient (Wildman–Crippen LogP) is 1.97. The third-order valence-electron chi connectivity index (χ3n) is 4.73. The molecule has 27 heavy (non-hydrogen) atoms. The second kappa shape index (κ2) is 7.56. The lowest BCUT2D eigenvalue weighted by atomic mass is 10.0. The highest BCUT2D eigenvalue weighted by Gasteiger charge is 2.34. The lowest BCUT2D eigenvalue weighted by molar-refractivity contribution is -0.119. The number of pyridine rings is 1. The molecule has 0 aliphatic carbocycles. The van der Waals surface area contributed by atoms with Crippen molar-refractivity contribution in [3.8, 4) is 5.75 Å². The normalized spacial score (nSPS) is 15.6. The van der Waals surface area contributed by atoms with Gasteiger partial charge in [-0.2, -0.15) is 4.98 Å². The molecule has 3 rings (SSSR count). The molecule has 2 aromatic heterocycles. The number of anilines is 2. The summed E-state index contributed by atoms with van der Waals surface area (Å²) in [6.45, 7) is 7.05. The van der Waals surface area contributed by atoms with Crippen molar-refractivity contribution in [2.24, 2.45) is 0 Å². The Labute approximate surface area is 163 Å². The standard InChI is InChI=1S/C18H23ClN6O2/c1-9-5-22-13(10(2)15(9)27-4)8-25-7-12(6-21-11(3)26)14-16(19)23-18(20)24-17(14)25/h5,12H,6-8H2,1-4H3,(H,21,26)(H2,20,23,24)/t12-/m0/s1. The number of methoxy groups -OCH3 is 1. The fourth-order valence-electron chi connectivity index (χ4n) is 3.47. The average Bonchev–Trinajstić information content (AvgIpc) is 2.94. The molecule has 0 aromatic carbocycles. The van der Waals surface area contributed by atoms with Crippen LogP contribution in [-0.4, -0.2) is 41.1 Å². The second-order valence-electron chi connectivity index (χ2n) is 6.67. The van der Waals surface area contributed by atoms with E-state index in [1.165, 1.54) is 6.92 Å². The van der Waals surface area contributed by atoms with Crippen molar-refractivity contribution in [2.75, 3.05) is 30.8 Å². The van der Waals surface area contributed by atoms with Gasteiger partial charge in [-0.3, -0.25) is 9.78 Å². The molecular formula is C18H23ClN6O2. The van der Waals surface area contributed by atoms with Gasteiger partial charge in [0.1, 0.15) is 16.7 Å². The molecule has 9 heteroatoms. The Kier molecular flexibility index (Phi) is 5.36. The largest absolute Gasteiger partial charge is 0.496 e. The lowest BCUT2D eigenvalue weighted by Crippen LogP contribution is -2.30. The molecule has 0 bridgehead atoms. The van der Waals surface area contributed by atoms with Gasteiger partial charge >= 0.3 is 0 Å². The van der Waals surface area contributed by atoms with E-state index in [9.17, 15) is 4.79 Å². The highest BCUT2D eigenvalue weighted by atomic mass is 35.5. The summed E-state index contributed by atoms with van der Waals surface area (Å²) in [5.74, 6) is 1.51. The van der Waals surface area contributed by atoms with Gasteiger partial charge in [-0.25, -0.2) is 4.98 Å². The van der Waals surface area contributed by atoms with Crippen LogP contribution in [-0.2, 0) is 11.3 Å². The second-order valence-corrected chi connectivity index (χ2v) is 7.03. The number of nitrogens with two attached hydrogens (primary N) is 1. The summed E-state index contributed by atoms with van der Waals surface area (Å²) >= 11 is 6.35. The topological polar surface area (TPSA) is 106 Å². The molecule has 1 amide bonds. The Hall–Kier alpha value is -2.61. The van der Waals surface area contributed by atoms with Crippen LogP contribution in [0.5, 0.6) is 5.75 Å². The summed E-state index contributed by atoms with van der Waals surface area (Å²) in [7, 11) is 1.65. The van der Waals surface area contributed by atoms with Gasteiger partial charge in [-0.1, -0.05) is 11.6 Å². The molecule has 3 heterocycles. The summed E-state index contributed by atoms with van der Waals surface area (Å²) in [6, 6.07) is 0. The number of aromatic nitrogens is 3. The van der Waals surface area contributed by atoms with Crippen LogP contribution < -0.4 is 20.7 Å². The Morgan fingerprint density at radius 1 is 1.44 bits per heavy atom. The monoisotopic (exact) mass is 390 g/mol. The SMILES string of the molecule is COc1c(C)cnc(CN2C[C@H](CNC(C)=O)c3c(Cl)nc(N)nc32)c1C. The van der Waals surface area contributed by atoms with E-state index in [1.54, 1.807) is 13.3 Å². The summed E-state index contributed by atoms with van der Waals surface area (Å²) in [5.41, 5.74) is 9.47. The van der Waals surface area contributed by atoms with E-state index in [-0.39, 0.29) is 17.8 Å². The van der Waals surface area contributed by atoms with Gasteiger partial charge in [-0.15, -0.1) is 0 Å². The molecule has 144 valence electrons. The van der Waals surface area contributed by atoms with Gasteiger partial charge in [0, 0.05) is 48.8 Å². The van der Waals surface area contributed by atoms with Crippen molar-refractivity contribution in [3.05, 3.63) is 33.7 Å². The van der Waals surface area contributed by atoms with E-state index in [1.807, 2.05) is 13.8 Å². The summed E-state index contributed by atoms with van der Waals surface area (Å²) in [4.78, 5) is 26.4. The van der Waals surface area contributed by atoms with Gasteiger partial charge in [0.15, 0.2) is 0 Å². The Morgan fingerprint density at radius 3 is 2.85 bits per heavy atom. The first-order valence-corrected chi connectivity index (χ1v) is 9.01. The molecule has 1 aliphatic rings. The first-order valence-electron chi connectivity index (χ1n) is 8.63. The molecule has 1 atom stereocenters. The van der Waals surface area contributed by atoms with Crippen LogP contribution in [0, 0.1) is 13.8 Å². The van der Waals surface area contributed by atoms with Gasteiger partial charge in [0.25, 0.3) is 0 Å². The van der Waals surface area contributed by atoms with E-state index in [0.717, 1.165) is 28.1 Å². The van der Waals surface area contributed by atoms with Crippen molar-refractivity contribution in [1.82, 2.24) is 20.3 Å². The number of nitrogens with zero attached hydrogens (tertiary/aromatic N) is 4. The molecule has 0 saturated carbocycles. The van der Waals surface area contributed by atoms with Gasteiger partial charge in [0.2, 0.25) is 11.9 Å². The van der Waals surface area contributed by atoms with E-state index in [0.29, 0.717) is 30.6 Å². The third-order valence-corrected chi connectivity index (χ3v) is 5.02. The number of nitrogens with one attached hydrogen (secondary N) is 1. The van der Waals surface area contributed by atoms with Crippen molar-refractivity contribution < 1.29 is 9.53 Å². The van der Waals surface area contributed by atoms with Gasteiger partial charge < -0.3 is 20.7 Å². The zero-order valence-corrected chi connectivity index (χ0v) is 16.6. The molecule has 0 saturated heterocycles. The number of halogens is 1. The summed E-state index contributed by atoms with van der Waals surface area (Å²) in [6.07, 6.45) is 1.80. The molecule has 2 aromatic rings. The first-order chi connectivity index (χ1) is 12.8. The maximum absolute atomic E-state index is 11.3. The van der Waals surface area contributed by atoms with E-state index in [2.05, 4.69) is 25.2 Å². The number of carbonyl (C=O) groups excluding carboxylic acids is 1. The van der Waals surface area contributed by atoms with Crippen LogP contribution in [0.1, 0.15) is 35.2 Å². The van der Waals surface area contributed by atoms with Gasteiger partial charge in [0.05, 0.1) is 19.3 Å². The van der Waals surface area contributed by atoms with Crippen molar-refractivity contribution >= 4 is 29.3 Å². The number of nitrogen functional groups attached to an aromatic ring is 1. The molecular weight excluding hydrogens is 368 g/mol. The first kappa shape index (κ1) is 19.2. The number of hydrogen-bond acceptors (Lipinski definition) is 7. The fraction of sp³-hybridized carbons (Fsp3) is 0.444. The lowest BCUT2D eigenvalue weighted by Gasteiger charge is -2.21. The quantitative estimate of drug-likeness (QED) is 0.751. The van der Waals surface area contributed by atoms with Crippen LogP contribution in [0.25, 0.3) is 0 Å². The zero-order chi connectivity index (χ0) is 19.7. The molecule has 0 radical (unpaired) electrons. The minimum absolute atomic E-state index is 0.0235. The molecule has 1 aliphatic heterocycles. The van der Waals surface area contributed by atoms with Crippen LogP contribution in [0.3, 0.4) is 0 Å². The Morgan fingerprint density at radius 2 is 2.19 bits per heavy atom. The maximum atomic E-state index is 11.3. The number of ether oxygens (including phenoxy) is 1. The highest BCUT2D eigenvalue weighted by molar-refractivity contribution is 6.30. The predicted molar refractivity (Wildman–Crippen MR) is 104 cm³/mol. The number of hydrogen-bond donors (Lipinski definition) is 2. The fourth-order valence-corrected chi connectivity index (χ4v) is 3.79. The smallest absolute Gasteiger partial charge is 0.223 e.